The molecule has 3 atom stereocenters. The number of esters is 1. The summed E-state index contributed by atoms with van der Waals surface area (Å²) in [6.07, 6.45) is 13.7. The Balaban J connectivity index is 4.37. The van der Waals surface area contributed by atoms with Crippen molar-refractivity contribution in [2.24, 2.45) is 17.8 Å². The molecule has 8 nitrogen and oxygen atoms in total. The van der Waals surface area contributed by atoms with E-state index in [1.807, 2.05) is 6.92 Å². The molecule has 0 N–H and O–H groups in total. The van der Waals surface area contributed by atoms with Crippen molar-refractivity contribution in [1.29, 1.82) is 0 Å². The van der Waals surface area contributed by atoms with Gasteiger partial charge in [-0.1, -0.05) is 57.9 Å². The summed E-state index contributed by atoms with van der Waals surface area (Å²) in [7, 11) is 0. The number of ether oxygens (including phenoxy) is 5. The van der Waals surface area contributed by atoms with E-state index in [0.717, 1.165) is 77.4 Å². The molecule has 0 aliphatic rings. The van der Waals surface area contributed by atoms with Gasteiger partial charge in [0.1, 0.15) is 6.61 Å². The van der Waals surface area contributed by atoms with Gasteiger partial charge in [0.15, 0.2) is 6.29 Å². The molecular formula is C38H71NO7. The second kappa shape index (κ2) is 29.3. The van der Waals surface area contributed by atoms with Gasteiger partial charge in [0, 0.05) is 32.1 Å². The van der Waals surface area contributed by atoms with E-state index in [1.165, 1.54) is 11.1 Å². The molecule has 0 aromatic rings. The predicted octanol–water partition coefficient (Wildman–Crippen LogP) is 9.52. The average Bonchev–Trinajstić information content (AvgIpc) is 3.00. The molecule has 8 heteroatoms. The SMILES string of the molecule is CCN(CC)CCCOC(=O)OCC(C)COC(=O)CCCCC(OCCC(C)CCC=C(C)C)OCCC(C)CCC=C(C)C. The summed E-state index contributed by atoms with van der Waals surface area (Å²) in [5, 5.41) is 0. The van der Waals surface area contributed by atoms with Gasteiger partial charge in [0.25, 0.3) is 0 Å². The molecule has 0 rings (SSSR count). The zero-order valence-electron chi connectivity index (χ0n) is 31.2. The molecule has 0 saturated carbocycles. The molecule has 0 aromatic carbocycles. The topological polar surface area (TPSA) is 83.5 Å². The van der Waals surface area contributed by atoms with Crippen LogP contribution in [0.1, 0.15) is 133 Å². The number of carbonyl (C=O) groups excluding carboxylic acids is 2. The third-order valence-electron chi connectivity index (χ3n) is 8.07. The van der Waals surface area contributed by atoms with Gasteiger partial charge in [-0.25, -0.2) is 4.79 Å². The lowest BCUT2D eigenvalue weighted by Gasteiger charge is -2.21. The van der Waals surface area contributed by atoms with E-state index in [0.29, 0.717) is 44.5 Å². The summed E-state index contributed by atoms with van der Waals surface area (Å²) in [6, 6.07) is 0. The highest BCUT2D eigenvalue weighted by Gasteiger charge is 2.15. The van der Waals surface area contributed by atoms with Crippen molar-refractivity contribution in [3.63, 3.8) is 0 Å². The smallest absolute Gasteiger partial charge is 0.465 e. The molecular weight excluding hydrogens is 582 g/mol. The number of carbonyl (C=O) groups is 2. The molecule has 0 spiro atoms. The summed E-state index contributed by atoms with van der Waals surface area (Å²) in [5.41, 5.74) is 2.74. The lowest BCUT2D eigenvalue weighted by Crippen LogP contribution is -2.25. The highest BCUT2D eigenvalue weighted by atomic mass is 16.7. The summed E-state index contributed by atoms with van der Waals surface area (Å²) in [4.78, 5) is 26.4. The summed E-state index contributed by atoms with van der Waals surface area (Å²) < 4.78 is 28.1. The van der Waals surface area contributed by atoms with Crippen molar-refractivity contribution >= 4 is 12.1 Å². The number of rotatable bonds is 29. The molecule has 0 amide bonds. The van der Waals surface area contributed by atoms with Crippen LogP contribution in [0.4, 0.5) is 4.79 Å². The maximum Gasteiger partial charge on any atom is 0.508 e. The Morgan fingerprint density at radius 3 is 1.70 bits per heavy atom. The fourth-order valence-corrected chi connectivity index (χ4v) is 4.79. The van der Waals surface area contributed by atoms with Crippen LogP contribution in [-0.4, -0.2) is 76.0 Å². The van der Waals surface area contributed by atoms with Crippen molar-refractivity contribution in [2.45, 2.75) is 139 Å². The largest absolute Gasteiger partial charge is 0.508 e. The van der Waals surface area contributed by atoms with Crippen molar-refractivity contribution in [3.05, 3.63) is 23.3 Å². The fraction of sp³-hybridized carbons (Fsp3) is 0.842. The van der Waals surface area contributed by atoms with Gasteiger partial charge in [-0.15, -0.1) is 0 Å². The van der Waals surface area contributed by atoms with Gasteiger partial charge in [-0.2, -0.15) is 0 Å². The van der Waals surface area contributed by atoms with Crippen LogP contribution in [0.2, 0.25) is 0 Å². The maximum absolute atomic E-state index is 12.3. The van der Waals surface area contributed by atoms with E-state index < -0.39 is 6.16 Å². The van der Waals surface area contributed by atoms with Gasteiger partial charge in [-0.3, -0.25) is 4.79 Å². The Kier molecular flexibility index (Phi) is 28.0. The van der Waals surface area contributed by atoms with E-state index in [9.17, 15) is 9.59 Å². The van der Waals surface area contributed by atoms with Crippen LogP contribution in [0.25, 0.3) is 0 Å². The number of hydrogen-bond acceptors (Lipinski definition) is 8. The summed E-state index contributed by atoms with van der Waals surface area (Å²) in [6.45, 7) is 24.2. The van der Waals surface area contributed by atoms with Crippen molar-refractivity contribution in [2.75, 3.05) is 52.7 Å². The Morgan fingerprint density at radius 1 is 0.630 bits per heavy atom. The van der Waals surface area contributed by atoms with Crippen LogP contribution in [-0.2, 0) is 28.5 Å². The van der Waals surface area contributed by atoms with Gasteiger partial charge in [0.2, 0.25) is 0 Å². The molecule has 0 aromatic heterocycles. The van der Waals surface area contributed by atoms with E-state index in [4.69, 9.17) is 23.7 Å². The molecule has 0 heterocycles. The van der Waals surface area contributed by atoms with Crippen molar-refractivity contribution in [3.8, 4) is 0 Å². The third kappa shape index (κ3) is 28.3. The van der Waals surface area contributed by atoms with Crippen LogP contribution >= 0.6 is 0 Å². The summed E-state index contributed by atoms with van der Waals surface area (Å²) >= 11 is 0. The number of unbranched alkanes of at least 4 members (excludes halogenated alkanes) is 1. The normalized spacial score (nSPS) is 13.9. The first-order chi connectivity index (χ1) is 22.0. The van der Waals surface area contributed by atoms with E-state index >= 15 is 0 Å². The van der Waals surface area contributed by atoms with Crippen molar-refractivity contribution < 1.29 is 33.3 Å². The third-order valence-corrected chi connectivity index (χ3v) is 8.07. The second-order valence-corrected chi connectivity index (χ2v) is 13.5. The first-order valence-electron chi connectivity index (χ1n) is 18.1. The molecule has 0 aliphatic heterocycles. The van der Waals surface area contributed by atoms with E-state index in [2.05, 4.69) is 72.4 Å². The zero-order chi connectivity index (χ0) is 34.6. The number of allylic oxidation sites excluding steroid dienone is 4. The van der Waals surface area contributed by atoms with E-state index in [-0.39, 0.29) is 31.4 Å². The molecule has 46 heavy (non-hydrogen) atoms. The molecule has 3 unspecified atom stereocenters. The average molecular weight is 654 g/mol. The molecule has 0 saturated heterocycles. The van der Waals surface area contributed by atoms with Crippen LogP contribution in [0.3, 0.4) is 0 Å². The van der Waals surface area contributed by atoms with Crippen LogP contribution in [0.5, 0.6) is 0 Å². The Morgan fingerprint density at radius 2 is 1.17 bits per heavy atom. The lowest BCUT2D eigenvalue weighted by atomic mass is 10.0. The Bertz CT molecular complexity index is 782. The highest BCUT2D eigenvalue weighted by Crippen LogP contribution is 2.17. The molecule has 0 fully saturated rings. The van der Waals surface area contributed by atoms with Crippen LogP contribution in [0, 0.1) is 17.8 Å². The number of hydrogen-bond donors (Lipinski definition) is 0. The highest BCUT2D eigenvalue weighted by molar-refractivity contribution is 5.69. The maximum atomic E-state index is 12.3. The van der Waals surface area contributed by atoms with Crippen LogP contribution in [0.15, 0.2) is 23.3 Å². The van der Waals surface area contributed by atoms with Crippen molar-refractivity contribution in [1.82, 2.24) is 4.90 Å². The molecule has 270 valence electrons. The first-order valence-corrected chi connectivity index (χ1v) is 18.1. The fourth-order valence-electron chi connectivity index (χ4n) is 4.79. The lowest BCUT2D eigenvalue weighted by molar-refractivity contribution is -0.152. The van der Waals surface area contributed by atoms with Gasteiger partial charge in [-0.05, 0) is 117 Å². The van der Waals surface area contributed by atoms with E-state index in [1.54, 1.807) is 0 Å². The quantitative estimate of drug-likeness (QED) is 0.0342. The zero-order valence-corrected chi connectivity index (χ0v) is 31.2. The Hall–Kier alpha value is -1.90. The van der Waals surface area contributed by atoms with Gasteiger partial charge in [0.05, 0.1) is 13.2 Å². The minimum atomic E-state index is -0.673. The second-order valence-electron chi connectivity index (χ2n) is 13.5. The standard InChI is InChI=1S/C38H71NO7/c1-10-39(11-2)25-16-26-44-38(41)46-30-35(9)29-45-36(40)21-12-13-22-37(42-27-23-33(7)19-14-17-31(3)4)43-28-24-34(8)20-15-18-32(5)6/h17-18,33-35,37H,10-16,19-30H2,1-9H3. The monoisotopic (exact) mass is 654 g/mol. The number of nitrogens with zero attached hydrogens (tertiary/aromatic N) is 1. The molecule has 0 aliphatic carbocycles. The van der Waals surface area contributed by atoms with Gasteiger partial charge >= 0.3 is 12.1 Å². The minimum Gasteiger partial charge on any atom is -0.465 e. The van der Waals surface area contributed by atoms with Gasteiger partial charge < -0.3 is 28.6 Å². The Labute approximate surface area is 283 Å². The molecule has 0 bridgehead atoms. The molecule has 0 radical (unpaired) electrons. The predicted molar refractivity (Wildman–Crippen MR) is 189 cm³/mol. The van der Waals surface area contributed by atoms with Crippen LogP contribution < -0.4 is 0 Å². The summed E-state index contributed by atoms with van der Waals surface area (Å²) in [5.74, 6) is 0.857. The minimum absolute atomic E-state index is 0.104. The first kappa shape index (κ1) is 44.1.